The van der Waals surface area contributed by atoms with Gasteiger partial charge in [0.25, 0.3) is 5.91 Å². The molecule has 11 heteroatoms. The van der Waals surface area contributed by atoms with Gasteiger partial charge < -0.3 is 24.2 Å². The van der Waals surface area contributed by atoms with Crippen molar-refractivity contribution < 1.29 is 27.5 Å². The molecule has 2 aliphatic heterocycles. The molecule has 2 fully saturated rings. The van der Waals surface area contributed by atoms with Crippen molar-refractivity contribution in [3.63, 3.8) is 0 Å². The van der Waals surface area contributed by atoms with Crippen molar-refractivity contribution in [1.29, 1.82) is 0 Å². The topological polar surface area (TPSA) is 99.7 Å². The Morgan fingerprint density at radius 3 is 2.17 bits per heavy atom. The van der Waals surface area contributed by atoms with Crippen LogP contribution in [0, 0.1) is 0 Å². The first-order valence-corrected chi connectivity index (χ1v) is 13.7. The highest BCUT2D eigenvalue weighted by atomic mass is 32.2. The zero-order valence-corrected chi connectivity index (χ0v) is 21.4. The Morgan fingerprint density at radius 1 is 0.917 bits per heavy atom. The number of carbonyl (C=O) groups excluding carboxylic acids is 2. The van der Waals surface area contributed by atoms with Crippen molar-refractivity contribution in [2.75, 3.05) is 81.6 Å². The molecule has 0 unspecified atom stereocenters. The van der Waals surface area contributed by atoms with E-state index < -0.39 is 10.0 Å². The predicted octanol–water partition coefficient (Wildman–Crippen LogP) is 1.28. The lowest BCUT2D eigenvalue weighted by atomic mass is 10.1. The zero-order valence-electron chi connectivity index (χ0n) is 20.6. The van der Waals surface area contributed by atoms with Crippen LogP contribution >= 0.6 is 0 Å². The molecule has 0 saturated carbocycles. The van der Waals surface area contributed by atoms with Gasteiger partial charge in [-0.2, -0.15) is 0 Å². The summed E-state index contributed by atoms with van der Waals surface area (Å²) < 4.78 is 37.0. The summed E-state index contributed by atoms with van der Waals surface area (Å²) in [6, 6.07) is 14.1. The number of morpholine rings is 1. The van der Waals surface area contributed by atoms with Crippen LogP contribution in [0.1, 0.15) is 10.4 Å². The number of benzene rings is 2. The van der Waals surface area contributed by atoms with Gasteiger partial charge in [0.15, 0.2) is 0 Å². The molecule has 2 heterocycles. The summed E-state index contributed by atoms with van der Waals surface area (Å²) in [6.45, 7) is 3.92. The van der Waals surface area contributed by atoms with E-state index >= 15 is 0 Å². The highest BCUT2D eigenvalue weighted by Crippen LogP contribution is 2.28. The number of nitrogens with zero attached hydrogens (tertiary/aromatic N) is 4. The van der Waals surface area contributed by atoms with Crippen LogP contribution < -0.4 is 13.9 Å². The summed E-state index contributed by atoms with van der Waals surface area (Å²) in [4.78, 5) is 31.3. The molecule has 2 saturated heterocycles. The molecule has 36 heavy (non-hydrogen) atoms. The SMILES string of the molecule is COc1ccccc1N1CCN(C(=O)CN(c2ccc(C(=O)N3CCOCC3)cc2)S(C)(=O)=O)CC1. The normalized spacial score (nSPS) is 16.6. The molecule has 10 nitrogen and oxygen atoms in total. The van der Waals surface area contributed by atoms with E-state index in [1.54, 1.807) is 41.2 Å². The number of ether oxygens (including phenoxy) is 2. The van der Waals surface area contributed by atoms with Crippen LogP contribution in [-0.2, 0) is 19.6 Å². The molecule has 2 amide bonds. The molecule has 0 atom stereocenters. The average molecular weight is 517 g/mol. The number of piperazine rings is 1. The van der Waals surface area contributed by atoms with E-state index in [1.807, 2.05) is 24.3 Å². The number of hydrogen-bond donors (Lipinski definition) is 0. The van der Waals surface area contributed by atoms with E-state index in [9.17, 15) is 18.0 Å². The number of amides is 2. The van der Waals surface area contributed by atoms with Crippen LogP contribution in [0.4, 0.5) is 11.4 Å². The van der Waals surface area contributed by atoms with E-state index in [0.717, 1.165) is 22.0 Å². The number of anilines is 2. The first-order valence-electron chi connectivity index (χ1n) is 11.9. The van der Waals surface area contributed by atoms with Crippen molar-refractivity contribution in [3.8, 4) is 5.75 Å². The number of hydrogen-bond acceptors (Lipinski definition) is 7. The van der Waals surface area contributed by atoms with E-state index in [-0.39, 0.29) is 18.4 Å². The fraction of sp³-hybridized carbons (Fsp3) is 0.440. The van der Waals surface area contributed by atoms with Gasteiger partial charge in [0, 0.05) is 44.8 Å². The van der Waals surface area contributed by atoms with Gasteiger partial charge in [-0.1, -0.05) is 12.1 Å². The first-order chi connectivity index (χ1) is 17.3. The number of carbonyl (C=O) groups is 2. The summed E-state index contributed by atoms with van der Waals surface area (Å²) >= 11 is 0. The third kappa shape index (κ3) is 5.90. The minimum absolute atomic E-state index is 0.125. The number of para-hydroxylation sites is 2. The monoisotopic (exact) mass is 516 g/mol. The third-order valence-corrected chi connectivity index (χ3v) is 7.58. The second-order valence-corrected chi connectivity index (χ2v) is 10.7. The Morgan fingerprint density at radius 2 is 1.56 bits per heavy atom. The standard InChI is InChI=1S/C25H32N4O6S/c1-34-23-6-4-3-5-22(23)26-11-13-27(14-12-26)24(30)19-29(36(2,32)33)21-9-7-20(8-10-21)25(31)28-15-17-35-18-16-28/h3-10H,11-19H2,1-2H3. The lowest BCUT2D eigenvalue weighted by molar-refractivity contribution is -0.129. The molecule has 4 rings (SSSR count). The van der Waals surface area contributed by atoms with Gasteiger partial charge in [-0.15, -0.1) is 0 Å². The van der Waals surface area contributed by atoms with Gasteiger partial charge in [-0.25, -0.2) is 8.42 Å². The third-order valence-electron chi connectivity index (χ3n) is 6.44. The van der Waals surface area contributed by atoms with Crippen molar-refractivity contribution in [2.24, 2.45) is 0 Å². The summed E-state index contributed by atoms with van der Waals surface area (Å²) in [5, 5.41) is 0. The molecular formula is C25H32N4O6S. The van der Waals surface area contributed by atoms with Crippen LogP contribution in [0.2, 0.25) is 0 Å². The Kier molecular flexibility index (Phi) is 8.00. The molecular weight excluding hydrogens is 484 g/mol. The highest BCUT2D eigenvalue weighted by molar-refractivity contribution is 7.92. The summed E-state index contributed by atoms with van der Waals surface area (Å²) in [5.41, 5.74) is 1.78. The van der Waals surface area contributed by atoms with E-state index in [4.69, 9.17) is 9.47 Å². The van der Waals surface area contributed by atoms with Crippen LogP contribution in [0.15, 0.2) is 48.5 Å². The molecule has 0 aliphatic carbocycles. The maximum atomic E-state index is 13.1. The molecule has 2 aromatic rings. The van der Waals surface area contributed by atoms with E-state index in [0.29, 0.717) is 63.7 Å². The van der Waals surface area contributed by atoms with Crippen LogP contribution in [0.25, 0.3) is 0 Å². The molecule has 0 N–H and O–H groups in total. The Hall–Kier alpha value is -3.31. The zero-order chi connectivity index (χ0) is 25.7. The van der Waals surface area contributed by atoms with Crippen molar-refractivity contribution in [3.05, 3.63) is 54.1 Å². The van der Waals surface area contributed by atoms with Gasteiger partial charge in [0.05, 0.1) is 38.0 Å². The first kappa shape index (κ1) is 25.8. The van der Waals surface area contributed by atoms with E-state index in [2.05, 4.69) is 4.90 Å². The second-order valence-electron chi connectivity index (χ2n) is 8.76. The lowest BCUT2D eigenvalue weighted by Gasteiger charge is -2.37. The number of methoxy groups -OCH3 is 1. The minimum Gasteiger partial charge on any atom is -0.495 e. The van der Waals surface area contributed by atoms with Crippen molar-refractivity contribution in [2.45, 2.75) is 0 Å². The van der Waals surface area contributed by atoms with Crippen LogP contribution in [-0.4, -0.2) is 102 Å². The molecule has 0 bridgehead atoms. The van der Waals surface area contributed by atoms with Crippen LogP contribution in [0.5, 0.6) is 5.75 Å². The van der Waals surface area contributed by atoms with Gasteiger partial charge in [0.1, 0.15) is 12.3 Å². The van der Waals surface area contributed by atoms with E-state index in [1.165, 1.54) is 0 Å². The molecule has 0 radical (unpaired) electrons. The van der Waals surface area contributed by atoms with Gasteiger partial charge in [-0.05, 0) is 36.4 Å². The largest absolute Gasteiger partial charge is 0.495 e. The minimum atomic E-state index is -3.72. The summed E-state index contributed by atoms with van der Waals surface area (Å²) in [7, 11) is -2.09. The van der Waals surface area contributed by atoms with Crippen molar-refractivity contribution >= 4 is 33.2 Å². The molecule has 2 aliphatic rings. The smallest absolute Gasteiger partial charge is 0.254 e. The quantitative estimate of drug-likeness (QED) is 0.547. The molecule has 2 aromatic carbocycles. The maximum Gasteiger partial charge on any atom is 0.254 e. The van der Waals surface area contributed by atoms with Crippen molar-refractivity contribution in [1.82, 2.24) is 9.80 Å². The summed E-state index contributed by atoms with van der Waals surface area (Å²) in [5.74, 6) is 0.379. The number of sulfonamides is 1. The maximum absolute atomic E-state index is 13.1. The van der Waals surface area contributed by atoms with Gasteiger partial charge in [0.2, 0.25) is 15.9 Å². The Bertz CT molecular complexity index is 1170. The highest BCUT2D eigenvalue weighted by Gasteiger charge is 2.28. The van der Waals surface area contributed by atoms with Gasteiger partial charge >= 0.3 is 0 Å². The molecule has 194 valence electrons. The number of rotatable bonds is 7. The molecule has 0 spiro atoms. The molecule has 0 aromatic heterocycles. The fourth-order valence-corrected chi connectivity index (χ4v) is 5.28. The summed E-state index contributed by atoms with van der Waals surface area (Å²) in [6.07, 6.45) is 1.08. The Balaban J connectivity index is 1.41. The fourth-order valence-electron chi connectivity index (χ4n) is 4.43. The second kappa shape index (κ2) is 11.2. The van der Waals surface area contributed by atoms with Crippen LogP contribution in [0.3, 0.4) is 0 Å². The Labute approximate surface area is 212 Å². The predicted molar refractivity (Wildman–Crippen MR) is 137 cm³/mol. The lowest BCUT2D eigenvalue weighted by Crippen LogP contribution is -2.52. The van der Waals surface area contributed by atoms with Gasteiger partial charge in [-0.3, -0.25) is 13.9 Å². The average Bonchev–Trinajstić information content (AvgIpc) is 2.91.